The molecule has 2 heteroatoms. The summed E-state index contributed by atoms with van der Waals surface area (Å²) in [5.41, 5.74) is 0. The molecule has 0 fully saturated rings. The Hall–Kier alpha value is -0.530. The number of carbonyl (C=O) groups is 1. The normalized spacial score (nSPS) is 14.5. The van der Waals surface area contributed by atoms with Crippen LogP contribution in [-0.2, 0) is 4.79 Å². The summed E-state index contributed by atoms with van der Waals surface area (Å²) < 4.78 is 0. The number of rotatable bonds is 10. The van der Waals surface area contributed by atoms with Gasteiger partial charge in [-0.05, 0) is 26.2 Å². The van der Waals surface area contributed by atoms with Gasteiger partial charge in [0.15, 0.2) is 0 Å². The number of hydrogen-bond donors (Lipinski definition) is 0. The highest BCUT2D eigenvalue weighted by molar-refractivity contribution is 5.78. The van der Waals surface area contributed by atoms with Gasteiger partial charge < -0.3 is 4.90 Å². The second-order valence-corrected chi connectivity index (χ2v) is 6.12. The maximum absolute atomic E-state index is 12.6. The number of carbonyl (C=O) groups excluding carboxylic acids is 1. The van der Waals surface area contributed by atoms with E-state index in [1.807, 2.05) is 13.8 Å². The zero-order valence-corrected chi connectivity index (χ0v) is 14.0. The summed E-state index contributed by atoms with van der Waals surface area (Å²) in [5.74, 6) is 0.454. The van der Waals surface area contributed by atoms with Crippen molar-refractivity contribution in [2.75, 3.05) is 0 Å². The van der Waals surface area contributed by atoms with Crippen molar-refractivity contribution in [3.8, 4) is 0 Å². The van der Waals surface area contributed by atoms with E-state index in [-0.39, 0.29) is 5.92 Å². The number of nitrogens with zero attached hydrogens (tertiary/aromatic N) is 1. The summed E-state index contributed by atoms with van der Waals surface area (Å²) in [5, 5.41) is 0. The van der Waals surface area contributed by atoms with Crippen molar-refractivity contribution in [2.45, 2.75) is 98.6 Å². The molecule has 2 unspecified atom stereocenters. The second-order valence-electron chi connectivity index (χ2n) is 6.12. The van der Waals surface area contributed by atoms with E-state index >= 15 is 0 Å². The molecule has 0 bridgehead atoms. The van der Waals surface area contributed by atoms with E-state index in [1.165, 1.54) is 12.8 Å². The monoisotopic (exact) mass is 269 g/mol. The quantitative estimate of drug-likeness (QED) is 0.545. The van der Waals surface area contributed by atoms with Crippen molar-refractivity contribution in [1.29, 1.82) is 0 Å². The van der Waals surface area contributed by atoms with E-state index in [0.717, 1.165) is 32.1 Å². The lowest BCUT2D eigenvalue weighted by Gasteiger charge is -2.38. The molecule has 2 atom stereocenters. The smallest absolute Gasteiger partial charge is 0.225 e. The largest absolute Gasteiger partial charge is 0.337 e. The van der Waals surface area contributed by atoms with Gasteiger partial charge in [0.1, 0.15) is 0 Å². The van der Waals surface area contributed by atoms with Gasteiger partial charge in [-0.3, -0.25) is 4.79 Å². The van der Waals surface area contributed by atoms with Crippen LogP contribution >= 0.6 is 0 Å². The first kappa shape index (κ1) is 18.5. The predicted octanol–water partition coefficient (Wildman–Crippen LogP) is 5.02. The van der Waals surface area contributed by atoms with Gasteiger partial charge in [-0.1, -0.05) is 60.3 Å². The third kappa shape index (κ3) is 6.44. The average Bonchev–Trinajstić information content (AvgIpc) is 2.36. The minimum absolute atomic E-state index is 0.111. The van der Waals surface area contributed by atoms with Crippen molar-refractivity contribution in [3.05, 3.63) is 0 Å². The van der Waals surface area contributed by atoms with Crippen LogP contribution in [0.5, 0.6) is 0 Å². The van der Waals surface area contributed by atoms with E-state index in [4.69, 9.17) is 0 Å². The van der Waals surface area contributed by atoms with Crippen LogP contribution in [0.4, 0.5) is 0 Å². The zero-order valence-electron chi connectivity index (χ0n) is 14.0. The first-order valence-corrected chi connectivity index (χ1v) is 8.31. The van der Waals surface area contributed by atoms with Crippen LogP contribution in [0.15, 0.2) is 0 Å². The number of amides is 1. The van der Waals surface area contributed by atoms with E-state index in [2.05, 4.69) is 32.6 Å². The summed E-state index contributed by atoms with van der Waals surface area (Å²) in [6.45, 7) is 12.9. The first-order valence-electron chi connectivity index (χ1n) is 8.31. The van der Waals surface area contributed by atoms with Gasteiger partial charge >= 0.3 is 0 Å². The zero-order chi connectivity index (χ0) is 14.8. The first-order chi connectivity index (χ1) is 8.99. The topological polar surface area (TPSA) is 20.3 Å². The van der Waals surface area contributed by atoms with E-state index in [1.54, 1.807) is 0 Å². The van der Waals surface area contributed by atoms with Crippen LogP contribution in [0.1, 0.15) is 86.5 Å². The Morgan fingerprint density at radius 2 is 1.47 bits per heavy atom. The minimum Gasteiger partial charge on any atom is -0.337 e. The van der Waals surface area contributed by atoms with E-state index in [9.17, 15) is 4.79 Å². The molecule has 0 saturated carbocycles. The molecule has 0 aromatic rings. The minimum atomic E-state index is 0.111. The van der Waals surface area contributed by atoms with Crippen LogP contribution in [0.2, 0.25) is 0 Å². The van der Waals surface area contributed by atoms with Gasteiger partial charge in [-0.2, -0.15) is 0 Å². The molecular weight excluding hydrogens is 234 g/mol. The molecule has 1 amide bonds. The fourth-order valence-corrected chi connectivity index (χ4v) is 2.81. The molecule has 0 aliphatic heterocycles. The maximum atomic E-state index is 12.6. The summed E-state index contributed by atoms with van der Waals surface area (Å²) in [7, 11) is 0. The highest BCUT2D eigenvalue weighted by Crippen LogP contribution is 2.22. The van der Waals surface area contributed by atoms with E-state index in [0.29, 0.717) is 18.0 Å². The SMILES string of the molecule is CCCCC(CCC)N(C(=O)C(C)C)C(C)CCC. The Kier molecular flexibility index (Phi) is 9.99. The van der Waals surface area contributed by atoms with Crippen LogP contribution in [-0.4, -0.2) is 22.9 Å². The van der Waals surface area contributed by atoms with Crippen LogP contribution in [0.3, 0.4) is 0 Å². The van der Waals surface area contributed by atoms with Crippen molar-refractivity contribution in [2.24, 2.45) is 5.92 Å². The van der Waals surface area contributed by atoms with Crippen LogP contribution in [0, 0.1) is 5.92 Å². The Labute approximate surface area is 120 Å². The molecule has 0 radical (unpaired) electrons. The molecule has 0 aliphatic rings. The predicted molar refractivity (Wildman–Crippen MR) is 84.3 cm³/mol. The molecule has 0 aliphatic carbocycles. The summed E-state index contributed by atoms with van der Waals surface area (Å²) in [6.07, 6.45) is 8.18. The highest BCUT2D eigenvalue weighted by atomic mass is 16.2. The molecule has 0 spiro atoms. The van der Waals surface area contributed by atoms with E-state index < -0.39 is 0 Å². The summed E-state index contributed by atoms with van der Waals surface area (Å²) >= 11 is 0. The molecule has 2 nitrogen and oxygen atoms in total. The van der Waals surface area contributed by atoms with Crippen molar-refractivity contribution in [1.82, 2.24) is 4.90 Å². The molecule has 0 heterocycles. The fourth-order valence-electron chi connectivity index (χ4n) is 2.81. The molecular formula is C17H35NO. The Balaban J connectivity index is 4.96. The Morgan fingerprint density at radius 1 is 0.895 bits per heavy atom. The molecule has 0 rings (SSSR count). The van der Waals surface area contributed by atoms with Crippen LogP contribution in [0.25, 0.3) is 0 Å². The summed E-state index contributed by atoms with van der Waals surface area (Å²) in [6, 6.07) is 0.828. The number of unbranched alkanes of at least 4 members (excludes halogenated alkanes) is 1. The lowest BCUT2D eigenvalue weighted by atomic mass is 9.98. The maximum Gasteiger partial charge on any atom is 0.225 e. The van der Waals surface area contributed by atoms with Crippen molar-refractivity contribution < 1.29 is 4.79 Å². The highest BCUT2D eigenvalue weighted by Gasteiger charge is 2.28. The molecule has 0 aromatic carbocycles. The van der Waals surface area contributed by atoms with Gasteiger partial charge in [0.05, 0.1) is 0 Å². The van der Waals surface area contributed by atoms with Gasteiger partial charge in [0.25, 0.3) is 0 Å². The average molecular weight is 269 g/mol. The standard InChI is InChI=1S/C17H35NO/c1-7-10-13-16(12-9-3)18(15(6)11-8-2)17(19)14(4)5/h14-16H,7-13H2,1-6H3. The van der Waals surface area contributed by atoms with Gasteiger partial charge in [0, 0.05) is 18.0 Å². The van der Waals surface area contributed by atoms with Crippen molar-refractivity contribution >= 4 is 5.91 Å². The molecule has 114 valence electrons. The van der Waals surface area contributed by atoms with Gasteiger partial charge in [-0.25, -0.2) is 0 Å². The lowest BCUT2D eigenvalue weighted by Crippen LogP contribution is -2.47. The number of hydrogen-bond acceptors (Lipinski definition) is 1. The Bertz CT molecular complexity index is 237. The fraction of sp³-hybridized carbons (Fsp3) is 0.941. The summed E-state index contributed by atoms with van der Waals surface area (Å²) in [4.78, 5) is 14.8. The van der Waals surface area contributed by atoms with Crippen molar-refractivity contribution in [3.63, 3.8) is 0 Å². The third-order valence-corrected chi connectivity index (χ3v) is 3.84. The molecule has 0 aromatic heterocycles. The third-order valence-electron chi connectivity index (χ3n) is 3.84. The second kappa shape index (κ2) is 10.3. The Morgan fingerprint density at radius 3 is 1.89 bits per heavy atom. The lowest BCUT2D eigenvalue weighted by molar-refractivity contribution is -0.139. The van der Waals surface area contributed by atoms with Crippen LogP contribution < -0.4 is 0 Å². The molecule has 0 N–H and O–H groups in total. The molecule has 0 saturated heterocycles. The molecule has 19 heavy (non-hydrogen) atoms. The van der Waals surface area contributed by atoms with Gasteiger partial charge in [-0.15, -0.1) is 0 Å². The van der Waals surface area contributed by atoms with Gasteiger partial charge in [0.2, 0.25) is 5.91 Å².